The van der Waals surface area contributed by atoms with E-state index < -0.39 is 17.8 Å². The summed E-state index contributed by atoms with van der Waals surface area (Å²) >= 11 is 6.61. The Hall–Kier alpha value is -3.16. The van der Waals surface area contributed by atoms with Crippen LogP contribution in [0.2, 0.25) is 5.02 Å². The van der Waals surface area contributed by atoms with E-state index in [4.69, 9.17) is 35.5 Å². The summed E-state index contributed by atoms with van der Waals surface area (Å²) in [5.74, 6) is -0.643. The Morgan fingerprint density at radius 2 is 1.81 bits per heavy atom. The highest BCUT2D eigenvalue weighted by Crippen LogP contribution is 2.48. The van der Waals surface area contributed by atoms with Crippen LogP contribution >= 0.6 is 11.6 Å². The van der Waals surface area contributed by atoms with Crippen molar-refractivity contribution in [2.24, 2.45) is 10.9 Å². The molecular formula is C29H32ClNO6. The summed E-state index contributed by atoms with van der Waals surface area (Å²) in [6, 6.07) is 13.0. The monoisotopic (exact) mass is 525 g/mol. The number of Topliss-reactive ketones (excluding diaryl/α,β-unsaturated/α-hetero) is 1. The summed E-state index contributed by atoms with van der Waals surface area (Å²) in [7, 11) is 3.18. The fourth-order valence-corrected chi connectivity index (χ4v) is 5.46. The number of esters is 1. The molecule has 1 unspecified atom stereocenters. The predicted molar refractivity (Wildman–Crippen MR) is 142 cm³/mol. The smallest absolute Gasteiger partial charge is 0.315 e. The van der Waals surface area contributed by atoms with Crippen LogP contribution in [0, 0.1) is 5.92 Å². The maximum absolute atomic E-state index is 13.8. The van der Waals surface area contributed by atoms with Crippen molar-refractivity contribution in [1.29, 1.82) is 0 Å². The summed E-state index contributed by atoms with van der Waals surface area (Å²) in [6.07, 6.45) is 0.844. The van der Waals surface area contributed by atoms with Crippen LogP contribution in [-0.4, -0.2) is 51.5 Å². The van der Waals surface area contributed by atoms with E-state index in [0.717, 1.165) is 11.1 Å². The first-order valence-electron chi connectivity index (χ1n) is 12.4. The second kappa shape index (κ2) is 11.9. The summed E-state index contributed by atoms with van der Waals surface area (Å²) in [5, 5.41) is 0.496. The average molecular weight is 526 g/mol. The number of halogens is 1. The molecule has 3 atom stereocenters. The number of benzene rings is 2. The lowest BCUT2D eigenvalue weighted by Crippen LogP contribution is -2.38. The molecule has 0 saturated heterocycles. The first kappa shape index (κ1) is 26.9. The number of hydrogen-bond acceptors (Lipinski definition) is 7. The standard InChI is InChI=1S/C29H32ClNO6/c1-5-36-12-13-37-29(33)26-17(2)31-22-14-19(18-10-11-24(34-3)25(16-18)35-4)15-23(32)28(22)27(26)20-8-6-7-9-21(20)30/h6-11,16,19,26-27H,5,12-15H2,1-4H3/t19-,26?,27+/m0/s1. The highest BCUT2D eigenvalue weighted by Gasteiger charge is 2.45. The van der Waals surface area contributed by atoms with Crippen molar-refractivity contribution in [1.82, 2.24) is 0 Å². The van der Waals surface area contributed by atoms with Gasteiger partial charge in [-0.1, -0.05) is 35.9 Å². The van der Waals surface area contributed by atoms with Crippen LogP contribution in [0.25, 0.3) is 0 Å². The number of hydrogen-bond donors (Lipinski definition) is 0. The number of ketones is 1. The van der Waals surface area contributed by atoms with E-state index in [9.17, 15) is 9.59 Å². The molecule has 1 heterocycles. The second-order valence-electron chi connectivity index (χ2n) is 9.10. The van der Waals surface area contributed by atoms with Gasteiger partial charge in [0.05, 0.1) is 20.8 Å². The van der Waals surface area contributed by atoms with Crippen molar-refractivity contribution in [2.45, 2.75) is 38.5 Å². The van der Waals surface area contributed by atoms with Gasteiger partial charge >= 0.3 is 5.97 Å². The molecule has 7 nitrogen and oxygen atoms in total. The van der Waals surface area contributed by atoms with Crippen LogP contribution in [0.1, 0.15) is 49.7 Å². The van der Waals surface area contributed by atoms with Crippen molar-refractivity contribution in [3.63, 3.8) is 0 Å². The molecule has 0 fully saturated rings. The van der Waals surface area contributed by atoms with Gasteiger partial charge < -0.3 is 18.9 Å². The first-order chi connectivity index (χ1) is 17.9. The molecule has 37 heavy (non-hydrogen) atoms. The zero-order valence-electron chi connectivity index (χ0n) is 21.6. The minimum Gasteiger partial charge on any atom is -0.493 e. The Kier molecular flexibility index (Phi) is 8.67. The zero-order chi connectivity index (χ0) is 26.5. The van der Waals surface area contributed by atoms with Gasteiger partial charge in [0.25, 0.3) is 0 Å². The predicted octanol–water partition coefficient (Wildman–Crippen LogP) is 5.51. The molecule has 4 rings (SSSR count). The summed E-state index contributed by atoms with van der Waals surface area (Å²) in [4.78, 5) is 31.9. The van der Waals surface area contributed by atoms with Gasteiger partial charge in [0.15, 0.2) is 17.3 Å². The summed E-state index contributed by atoms with van der Waals surface area (Å²) in [5.41, 5.74) is 3.53. The van der Waals surface area contributed by atoms with Gasteiger partial charge in [-0.3, -0.25) is 14.6 Å². The molecule has 2 aliphatic rings. The van der Waals surface area contributed by atoms with E-state index in [-0.39, 0.29) is 24.7 Å². The minimum atomic E-state index is -0.748. The topological polar surface area (TPSA) is 83.4 Å². The molecule has 2 aromatic carbocycles. The van der Waals surface area contributed by atoms with Crippen molar-refractivity contribution < 1.29 is 28.5 Å². The Labute approximate surface area is 222 Å². The van der Waals surface area contributed by atoms with E-state index >= 15 is 0 Å². The molecule has 0 aromatic heterocycles. The van der Waals surface area contributed by atoms with E-state index in [2.05, 4.69) is 0 Å². The Bertz CT molecular complexity index is 1240. The van der Waals surface area contributed by atoms with Gasteiger partial charge in [-0.15, -0.1) is 0 Å². The molecule has 0 amide bonds. The van der Waals surface area contributed by atoms with Crippen LogP contribution in [-0.2, 0) is 19.1 Å². The molecule has 0 saturated carbocycles. The molecule has 2 aromatic rings. The lowest BCUT2D eigenvalue weighted by Gasteiger charge is -2.37. The first-order valence-corrected chi connectivity index (χ1v) is 12.8. The number of methoxy groups -OCH3 is 2. The number of carbonyl (C=O) groups is 2. The molecular weight excluding hydrogens is 494 g/mol. The molecule has 0 bridgehead atoms. The number of allylic oxidation sites excluding steroid dienone is 2. The largest absolute Gasteiger partial charge is 0.493 e. The average Bonchev–Trinajstić information content (AvgIpc) is 2.90. The van der Waals surface area contributed by atoms with Gasteiger partial charge in [0, 0.05) is 41.0 Å². The van der Waals surface area contributed by atoms with E-state index in [1.807, 2.05) is 50.2 Å². The number of aliphatic imine (C=N–C) groups is 1. The molecule has 1 aliphatic carbocycles. The Balaban J connectivity index is 1.72. The lowest BCUT2D eigenvalue weighted by atomic mass is 9.69. The normalized spacial score (nSPS) is 21.3. The van der Waals surface area contributed by atoms with Crippen LogP contribution in [0.3, 0.4) is 0 Å². The zero-order valence-corrected chi connectivity index (χ0v) is 22.3. The van der Waals surface area contributed by atoms with Gasteiger partial charge in [-0.2, -0.15) is 0 Å². The summed E-state index contributed by atoms with van der Waals surface area (Å²) < 4.78 is 21.7. The van der Waals surface area contributed by atoms with Crippen LogP contribution in [0.15, 0.2) is 58.7 Å². The van der Waals surface area contributed by atoms with Crippen molar-refractivity contribution in [2.75, 3.05) is 34.0 Å². The fourth-order valence-electron chi connectivity index (χ4n) is 5.21. The number of carbonyl (C=O) groups excluding carboxylic acids is 2. The highest BCUT2D eigenvalue weighted by atomic mass is 35.5. The second-order valence-corrected chi connectivity index (χ2v) is 9.50. The van der Waals surface area contributed by atoms with Crippen molar-refractivity contribution >= 4 is 29.1 Å². The maximum atomic E-state index is 13.8. The molecule has 1 aliphatic heterocycles. The van der Waals surface area contributed by atoms with Crippen molar-refractivity contribution in [3.05, 3.63) is 69.9 Å². The summed E-state index contributed by atoms with van der Waals surface area (Å²) in [6.45, 7) is 4.67. The van der Waals surface area contributed by atoms with Gasteiger partial charge in [-0.05, 0) is 55.5 Å². The van der Waals surface area contributed by atoms with Crippen LogP contribution < -0.4 is 9.47 Å². The number of nitrogens with zero attached hydrogens (tertiary/aromatic N) is 1. The van der Waals surface area contributed by atoms with Crippen molar-refractivity contribution in [3.8, 4) is 11.5 Å². The quantitative estimate of drug-likeness (QED) is 0.317. The van der Waals surface area contributed by atoms with Gasteiger partial charge in [0.2, 0.25) is 0 Å². The third-order valence-corrected chi connectivity index (χ3v) is 7.28. The molecule has 0 radical (unpaired) electrons. The third-order valence-electron chi connectivity index (χ3n) is 6.94. The highest BCUT2D eigenvalue weighted by molar-refractivity contribution is 6.31. The molecule has 0 N–H and O–H groups in total. The van der Waals surface area contributed by atoms with Crippen LogP contribution in [0.5, 0.6) is 11.5 Å². The number of ether oxygens (including phenoxy) is 4. The van der Waals surface area contributed by atoms with E-state index in [0.29, 0.717) is 53.1 Å². The third kappa shape index (κ3) is 5.58. The molecule has 196 valence electrons. The lowest BCUT2D eigenvalue weighted by molar-refractivity contribution is -0.148. The Morgan fingerprint density at radius 1 is 1.05 bits per heavy atom. The SMILES string of the molecule is CCOCCOC(=O)C1C(C)=NC2=C(C(=O)C[C@@H](c3ccc(OC)c(OC)c3)C2)[C@@H]1c1ccccc1Cl. The fraction of sp³-hybridized carbons (Fsp3) is 0.414. The molecule has 8 heteroatoms. The van der Waals surface area contributed by atoms with Gasteiger partial charge in [-0.25, -0.2) is 0 Å². The number of rotatable bonds is 9. The van der Waals surface area contributed by atoms with Gasteiger partial charge in [0.1, 0.15) is 12.5 Å². The van der Waals surface area contributed by atoms with E-state index in [1.54, 1.807) is 20.3 Å². The molecule has 0 spiro atoms. The Morgan fingerprint density at radius 3 is 2.51 bits per heavy atom. The minimum absolute atomic E-state index is 0.0469. The van der Waals surface area contributed by atoms with Crippen LogP contribution in [0.4, 0.5) is 0 Å². The maximum Gasteiger partial charge on any atom is 0.315 e. The van der Waals surface area contributed by atoms with E-state index in [1.165, 1.54) is 0 Å².